The number of carbonyl (C=O) groups is 1. The molecule has 8 nitrogen and oxygen atoms in total. The van der Waals surface area contributed by atoms with Gasteiger partial charge < -0.3 is 23.9 Å². The Bertz CT molecular complexity index is 1410. The molecule has 0 unspecified atom stereocenters. The summed E-state index contributed by atoms with van der Waals surface area (Å²) in [6.45, 7) is 13.6. The third kappa shape index (κ3) is 6.28. The molecule has 1 amide bonds. The van der Waals surface area contributed by atoms with Crippen molar-refractivity contribution in [3.8, 4) is 17.2 Å². The Balaban J connectivity index is 1.49. The van der Waals surface area contributed by atoms with Gasteiger partial charge in [0.25, 0.3) is 5.91 Å². The van der Waals surface area contributed by atoms with E-state index in [0.717, 1.165) is 11.1 Å². The summed E-state index contributed by atoms with van der Waals surface area (Å²) < 4.78 is 20.7. The molecule has 2 heterocycles. The molecule has 0 aliphatic heterocycles. The number of ether oxygens (including phenoxy) is 1. The van der Waals surface area contributed by atoms with E-state index in [1.165, 1.54) is 0 Å². The van der Waals surface area contributed by atoms with E-state index in [4.69, 9.17) is 30.9 Å². The van der Waals surface area contributed by atoms with Gasteiger partial charge in [-0.15, -0.1) is 0 Å². The SMILES string of the molecule is C[C@H](O[Si](C)(C)C(C)(C)C)[C@@H](CCOc1ccc2nc(-c3ccc(Cl)cc3)oc2c1)n1cnc(C(N)=O)c1. The van der Waals surface area contributed by atoms with Gasteiger partial charge in [0, 0.05) is 29.3 Å². The highest BCUT2D eigenvalue weighted by Gasteiger charge is 2.40. The number of primary amides is 1. The van der Waals surface area contributed by atoms with Gasteiger partial charge in [0.05, 0.1) is 25.1 Å². The first-order valence-corrected chi connectivity index (χ1v) is 15.9. The van der Waals surface area contributed by atoms with Crippen LogP contribution < -0.4 is 10.5 Å². The zero-order chi connectivity index (χ0) is 27.7. The van der Waals surface area contributed by atoms with Crippen LogP contribution in [-0.4, -0.2) is 41.5 Å². The Morgan fingerprint density at radius 2 is 1.89 bits per heavy atom. The van der Waals surface area contributed by atoms with Crippen LogP contribution in [0.3, 0.4) is 0 Å². The number of aromatic nitrogens is 3. The molecule has 0 fully saturated rings. The van der Waals surface area contributed by atoms with Crippen LogP contribution in [0.5, 0.6) is 5.75 Å². The fourth-order valence-corrected chi connectivity index (χ4v) is 5.57. The average Bonchev–Trinajstić information content (AvgIpc) is 3.48. The van der Waals surface area contributed by atoms with E-state index in [0.29, 0.717) is 35.3 Å². The molecule has 2 atom stereocenters. The summed E-state index contributed by atoms with van der Waals surface area (Å²) in [4.78, 5) is 20.4. The van der Waals surface area contributed by atoms with Crippen LogP contribution in [0.2, 0.25) is 23.2 Å². The van der Waals surface area contributed by atoms with Crippen molar-refractivity contribution in [2.75, 3.05) is 6.61 Å². The predicted molar refractivity (Wildman–Crippen MR) is 152 cm³/mol. The van der Waals surface area contributed by atoms with E-state index in [2.05, 4.69) is 50.8 Å². The zero-order valence-electron chi connectivity index (χ0n) is 22.7. The lowest BCUT2D eigenvalue weighted by Crippen LogP contribution is -2.45. The molecular weight excluding hydrogens is 520 g/mol. The first-order valence-electron chi connectivity index (χ1n) is 12.6. The van der Waals surface area contributed by atoms with Gasteiger partial charge in [0.1, 0.15) is 17.0 Å². The topological polar surface area (TPSA) is 105 Å². The van der Waals surface area contributed by atoms with Crippen molar-refractivity contribution in [1.29, 1.82) is 0 Å². The number of fused-ring (bicyclic) bond motifs is 1. The van der Waals surface area contributed by atoms with E-state index in [-0.39, 0.29) is 22.9 Å². The molecular formula is C28H35ClN4O4Si. The summed E-state index contributed by atoms with van der Waals surface area (Å²) in [6.07, 6.45) is 3.81. The first-order chi connectivity index (χ1) is 17.8. The Morgan fingerprint density at radius 1 is 1.18 bits per heavy atom. The van der Waals surface area contributed by atoms with Gasteiger partial charge >= 0.3 is 0 Å². The van der Waals surface area contributed by atoms with Crippen molar-refractivity contribution in [2.45, 2.75) is 64.4 Å². The minimum absolute atomic E-state index is 0.0625. The quantitative estimate of drug-likeness (QED) is 0.214. The number of imidazole rings is 1. The lowest BCUT2D eigenvalue weighted by atomic mass is 10.1. The first kappa shape index (κ1) is 27.9. The monoisotopic (exact) mass is 554 g/mol. The maximum absolute atomic E-state index is 11.7. The molecule has 4 rings (SSSR count). The maximum Gasteiger partial charge on any atom is 0.268 e. The van der Waals surface area contributed by atoms with Crippen molar-refractivity contribution in [3.63, 3.8) is 0 Å². The normalized spacial score (nSPS) is 14.0. The third-order valence-corrected chi connectivity index (χ3v) is 12.0. The number of oxazole rings is 1. The summed E-state index contributed by atoms with van der Waals surface area (Å²) in [5.74, 6) is 0.641. The molecule has 4 aromatic rings. The van der Waals surface area contributed by atoms with Crippen molar-refractivity contribution in [3.05, 3.63) is 65.7 Å². The van der Waals surface area contributed by atoms with Crippen molar-refractivity contribution in [1.82, 2.24) is 14.5 Å². The van der Waals surface area contributed by atoms with Crippen LogP contribution in [0, 0.1) is 0 Å². The number of hydrogen-bond acceptors (Lipinski definition) is 6. The Kier molecular flexibility index (Phi) is 8.01. The number of nitrogens with zero attached hydrogens (tertiary/aromatic N) is 3. The number of halogens is 1. The van der Waals surface area contributed by atoms with E-state index in [1.54, 1.807) is 24.7 Å². The van der Waals surface area contributed by atoms with Crippen LogP contribution in [0.4, 0.5) is 0 Å². The molecule has 10 heteroatoms. The lowest BCUT2D eigenvalue weighted by Gasteiger charge is -2.40. The van der Waals surface area contributed by atoms with Gasteiger partial charge in [-0.3, -0.25) is 4.79 Å². The highest BCUT2D eigenvalue weighted by atomic mass is 35.5. The van der Waals surface area contributed by atoms with Gasteiger partial charge in [-0.1, -0.05) is 32.4 Å². The second kappa shape index (κ2) is 10.9. The summed E-state index contributed by atoms with van der Waals surface area (Å²) in [6, 6.07) is 12.9. The Hall–Kier alpha value is -3.14. The van der Waals surface area contributed by atoms with Crippen LogP contribution in [0.15, 0.2) is 59.4 Å². The molecule has 38 heavy (non-hydrogen) atoms. The minimum atomic E-state index is -2.03. The molecule has 0 aliphatic rings. The highest BCUT2D eigenvalue weighted by Crippen LogP contribution is 2.39. The number of nitrogens with two attached hydrogens (primary N) is 1. The Labute approximate surface area is 229 Å². The van der Waals surface area contributed by atoms with Gasteiger partial charge in [-0.25, -0.2) is 9.97 Å². The van der Waals surface area contributed by atoms with Crippen molar-refractivity contribution < 1.29 is 18.4 Å². The molecule has 2 aromatic heterocycles. The number of amides is 1. The minimum Gasteiger partial charge on any atom is -0.493 e. The molecule has 0 bridgehead atoms. The number of rotatable bonds is 10. The molecule has 0 spiro atoms. The fourth-order valence-electron chi connectivity index (χ4n) is 4.00. The Morgan fingerprint density at radius 3 is 2.53 bits per heavy atom. The zero-order valence-corrected chi connectivity index (χ0v) is 24.5. The number of benzene rings is 2. The fraction of sp³-hybridized carbons (Fsp3) is 0.393. The van der Waals surface area contributed by atoms with Crippen molar-refractivity contribution >= 4 is 36.9 Å². The molecule has 202 valence electrons. The predicted octanol–water partition coefficient (Wildman–Crippen LogP) is 6.86. The molecule has 0 radical (unpaired) electrons. The maximum atomic E-state index is 11.7. The highest BCUT2D eigenvalue weighted by molar-refractivity contribution is 6.74. The second-order valence-electron chi connectivity index (χ2n) is 11.0. The van der Waals surface area contributed by atoms with Crippen LogP contribution in [0.25, 0.3) is 22.6 Å². The molecule has 0 saturated carbocycles. The molecule has 0 saturated heterocycles. The van der Waals surface area contributed by atoms with E-state index in [9.17, 15) is 4.79 Å². The molecule has 2 aromatic carbocycles. The largest absolute Gasteiger partial charge is 0.493 e. The lowest BCUT2D eigenvalue weighted by molar-refractivity contribution is 0.0994. The van der Waals surface area contributed by atoms with E-state index < -0.39 is 14.2 Å². The van der Waals surface area contributed by atoms with Crippen LogP contribution >= 0.6 is 11.6 Å². The summed E-state index contributed by atoms with van der Waals surface area (Å²) in [5.41, 5.74) is 7.90. The third-order valence-electron chi connectivity index (χ3n) is 7.20. The van der Waals surface area contributed by atoms with E-state index in [1.807, 2.05) is 34.9 Å². The number of carbonyl (C=O) groups excluding carboxylic acids is 1. The standard InChI is InChI=1S/C28H35ClN4O4Si/c1-18(37-38(5,6)28(2,3)4)24(33-16-23(26(30)34)31-17-33)13-14-35-21-11-12-22-25(15-21)36-27(32-22)19-7-9-20(29)10-8-19/h7-12,15-18,24H,13-14H2,1-6H3,(H2,30,34)/t18-,24+/m0/s1. The van der Waals surface area contributed by atoms with Crippen LogP contribution in [0.1, 0.15) is 50.6 Å². The van der Waals surface area contributed by atoms with E-state index >= 15 is 0 Å². The van der Waals surface area contributed by atoms with Crippen LogP contribution in [-0.2, 0) is 4.43 Å². The average molecular weight is 555 g/mol. The van der Waals surface area contributed by atoms with Gasteiger partial charge in [0.2, 0.25) is 5.89 Å². The summed E-state index contributed by atoms with van der Waals surface area (Å²) >= 11 is 6.00. The number of hydrogen-bond donors (Lipinski definition) is 1. The van der Waals surface area contributed by atoms with Gasteiger partial charge in [-0.05, 0) is 61.5 Å². The second-order valence-corrected chi connectivity index (χ2v) is 16.2. The summed E-state index contributed by atoms with van der Waals surface area (Å²) in [7, 11) is -2.03. The van der Waals surface area contributed by atoms with Gasteiger partial charge in [-0.2, -0.15) is 0 Å². The summed E-state index contributed by atoms with van der Waals surface area (Å²) in [5, 5.41) is 0.719. The smallest absolute Gasteiger partial charge is 0.268 e. The van der Waals surface area contributed by atoms with Crippen molar-refractivity contribution in [2.24, 2.45) is 5.73 Å². The van der Waals surface area contributed by atoms with Gasteiger partial charge in [0.15, 0.2) is 13.9 Å². The molecule has 0 aliphatic carbocycles. The molecule has 2 N–H and O–H groups in total.